The van der Waals surface area contributed by atoms with Gasteiger partial charge >= 0.3 is 0 Å². The van der Waals surface area contributed by atoms with Crippen molar-refractivity contribution < 1.29 is 9.47 Å². The minimum Gasteiger partial charge on any atom is -0.496 e. The first-order valence-corrected chi connectivity index (χ1v) is 9.76. The van der Waals surface area contributed by atoms with Crippen molar-refractivity contribution in [2.24, 2.45) is 0 Å². The second kappa shape index (κ2) is 8.91. The molecule has 1 unspecified atom stereocenters. The molecule has 4 heteroatoms. The van der Waals surface area contributed by atoms with E-state index in [4.69, 9.17) is 9.47 Å². The highest BCUT2D eigenvalue weighted by Gasteiger charge is 2.26. The number of para-hydroxylation sites is 2. The van der Waals surface area contributed by atoms with Gasteiger partial charge in [0.15, 0.2) is 0 Å². The van der Waals surface area contributed by atoms with Crippen molar-refractivity contribution in [3.8, 4) is 17.2 Å². The zero-order chi connectivity index (χ0) is 19.2. The zero-order valence-corrected chi connectivity index (χ0v) is 16.2. The highest BCUT2D eigenvalue weighted by atomic mass is 16.5. The first-order valence-electron chi connectivity index (χ1n) is 9.76. The van der Waals surface area contributed by atoms with E-state index in [0.717, 1.165) is 43.4 Å². The Balaban J connectivity index is 1.71. The molecule has 3 aromatic rings. The Bertz CT molecular complexity index is 892. The number of nitrogens with one attached hydrogen (secondary N) is 1. The van der Waals surface area contributed by atoms with Crippen LogP contribution in [0.25, 0.3) is 0 Å². The van der Waals surface area contributed by atoms with Crippen molar-refractivity contribution in [2.75, 3.05) is 33.3 Å². The maximum Gasteiger partial charge on any atom is 0.127 e. The minimum atomic E-state index is 0.123. The van der Waals surface area contributed by atoms with Crippen molar-refractivity contribution in [2.45, 2.75) is 6.04 Å². The molecule has 0 radical (unpaired) electrons. The lowest BCUT2D eigenvalue weighted by Crippen LogP contribution is -2.45. The van der Waals surface area contributed by atoms with Gasteiger partial charge < -0.3 is 14.8 Å². The van der Waals surface area contributed by atoms with Gasteiger partial charge in [0.2, 0.25) is 0 Å². The van der Waals surface area contributed by atoms with Crippen LogP contribution in [0.5, 0.6) is 17.2 Å². The molecule has 1 fully saturated rings. The molecular weight excluding hydrogens is 348 g/mol. The van der Waals surface area contributed by atoms with Gasteiger partial charge in [-0.1, -0.05) is 48.5 Å². The monoisotopic (exact) mass is 374 g/mol. The van der Waals surface area contributed by atoms with Gasteiger partial charge in [-0.25, -0.2) is 0 Å². The first-order chi connectivity index (χ1) is 13.8. The van der Waals surface area contributed by atoms with Gasteiger partial charge in [-0.2, -0.15) is 0 Å². The molecule has 0 aliphatic carbocycles. The molecule has 1 atom stereocenters. The van der Waals surface area contributed by atoms with Crippen LogP contribution in [0, 0.1) is 0 Å². The fraction of sp³-hybridized carbons (Fsp3) is 0.250. The second-order valence-electron chi connectivity index (χ2n) is 6.92. The summed E-state index contributed by atoms with van der Waals surface area (Å²) in [6, 6.07) is 26.7. The SMILES string of the molecule is COc1ccccc1C(c1cccc(Oc2ccccc2)c1)N1CCNCC1. The summed E-state index contributed by atoms with van der Waals surface area (Å²) in [5.41, 5.74) is 2.39. The lowest BCUT2D eigenvalue weighted by molar-refractivity contribution is 0.195. The third-order valence-corrected chi connectivity index (χ3v) is 5.10. The Morgan fingerprint density at radius 3 is 2.32 bits per heavy atom. The van der Waals surface area contributed by atoms with E-state index < -0.39 is 0 Å². The number of ether oxygens (including phenoxy) is 2. The first kappa shape index (κ1) is 18.5. The van der Waals surface area contributed by atoms with Crippen LogP contribution < -0.4 is 14.8 Å². The predicted octanol–water partition coefficient (Wildman–Crippen LogP) is 4.48. The van der Waals surface area contributed by atoms with E-state index >= 15 is 0 Å². The molecule has 0 saturated carbocycles. The second-order valence-corrected chi connectivity index (χ2v) is 6.92. The van der Waals surface area contributed by atoms with Crippen LogP contribution in [-0.4, -0.2) is 38.2 Å². The molecule has 4 rings (SSSR count). The van der Waals surface area contributed by atoms with E-state index in [9.17, 15) is 0 Å². The molecule has 1 aliphatic heterocycles. The van der Waals surface area contributed by atoms with Gasteiger partial charge in [0.1, 0.15) is 17.2 Å². The van der Waals surface area contributed by atoms with Crippen LogP contribution in [0.2, 0.25) is 0 Å². The summed E-state index contributed by atoms with van der Waals surface area (Å²) in [5, 5.41) is 3.45. The lowest BCUT2D eigenvalue weighted by atomic mass is 9.95. The number of rotatable bonds is 6. The molecule has 0 amide bonds. The van der Waals surface area contributed by atoms with Gasteiger partial charge in [-0.3, -0.25) is 4.90 Å². The van der Waals surface area contributed by atoms with E-state index in [-0.39, 0.29) is 6.04 Å². The Morgan fingerprint density at radius 2 is 1.54 bits per heavy atom. The van der Waals surface area contributed by atoms with Crippen LogP contribution in [0.1, 0.15) is 17.2 Å². The quantitative estimate of drug-likeness (QED) is 0.690. The van der Waals surface area contributed by atoms with Crippen molar-refractivity contribution in [1.29, 1.82) is 0 Å². The Hall–Kier alpha value is -2.82. The molecular formula is C24H26N2O2. The molecule has 1 saturated heterocycles. The average Bonchev–Trinajstić information content (AvgIpc) is 2.76. The third kappa shape index (κ3) is 4.19. The van der Waals surface area contributed by atoms with Crippen molar-refractivity contribution in [3.63, 3.8) is 0 Å². The number of benzene rings is 3. The van der Waals surface area contributed by atoms with Gasteiger partial charge in [0.05, 0.1) is 13.2 Å². The number of hydrogen-bond acceptors (Lipinski definition) is 4. The Labute approximate surface area is 166 Å². The molecule has 0 spiro atoms. The number of hydrogen-bond donors (Lipinski definition) is 1. The van der Waals surface area contributed by atoms with Crippen molar-refractivity contribution >= 4 is 0 Å². The summed E-state index contributed by atoms with van der Waals surface area (Å²) in [7, 11) is 1.74. The summed E-state index contributed by atoms with van der Waals surface area (Å²) >= 11 is 0. The highest BCUT2D eigenvalue weighted by molar-refractivity contribution is 5.44. The number of nitrogens with zero attached hydrogens (tertiary/aromatic N) is 1. The van der Waals surface area contributed by atoms with Gasteiger partial charge in [0, 0.05) is 31.7 Å². The summed E-state index contributed by atoms with van der Waals surface area (Å²) in [5.74, 6) is 2.61. The maximum absolute atomic E-state index is 6.09. The smallest absolute Gasteiger partial charge is 0.127 e. The minimum absolute atomic E-state index is 0.123. The Kier molecular flexibility index (Phi) is 5.90. The lowest BCUT2D eigenvalue weighted by Gasteiger charge is -2.36. The summed E-state index contributed by atoms with van der Waals surface area (Å²) < 4.78 is 11.8. The summed E-state index contributed by atoms with van der Waals surface area (Å²) in [4.78, 5) is 2.51. The van der Waals surface area contributed by atoms with E-state index in [2.05, 4.69) is 40.5 Å². The molecule has 3 aromatic carbocycles. The summed E-state index contributed by atoms with van der Waals surface area (Å²) in [6.07, 6.45) is 0. The van der Waals surface area contributed by atoms with Crippen molar-refractivity contribution in [3.05, 3.63) is 90.0 Å². The Morgan fingerprint density at radius 1 is 0.821 bits per heavy atom. The number of methoxy groups -OCH3 is 1. The van der Waals surface area contributed by atoms with E-state index in [1.807, 2.05) is 48.5 Å². The fourth-order valence-corrected chi connectivity index (χ4v) is 3.79. The molecule has 1 aliphatic rings. The topological polar surface area (TPSA) is 33.7 Å². The van der Waals surface area contributed by atoms with Crippen LogP contribution >= 0.6 is 0 Å². The van der Waals surface area contributed by atoms with Crippen LogP contribution in [0.15, 0.2) is 78.9 Å². The standard InChI is InChI=1S/C24H26N2O2/c1-27-23-13-6-5-12-22(23)24(26-16-14-25-15-17-26)19-8-7-11-21(18-19)28-20-9-3-2-4-10-20/h2-13,18,24-25H,14-17H2,1H3. The van der Waals surface area contributed by atoms with Gasteiger partial charge in [-0.15, -0.1) is 0 Å². The van der Waals surface area contributed by atoms with Gasteiger partial charge in [0.25, 0.3) is 0 Å². The van der Waals surface area contributed by atoms with E-state index in [0.29, 0.717) is 0 Å². The number of piperazine rings is 1. The summed E-state index contributed by atoms with van der Waals surface area (Å²) in [6.45, 7) is 3.97. The average molecular weight is 374 g/mol. The fourth-order valence-electron chi connectivity index (χ4n) is 3.79. The maximum atomic E-state index is 6.09. The van der Waals surface area contributed by atoms with E-state index in [1.54, 1.807) is 7.11 Å². The molecule has 144 valence electrons. The van der Waals surface area contributed by atoms with Crippen molar-refractivity contribution in [1.82, 2.24) is 10.2 Å². The molecule has 0 bridgehead atoms. The predicted molar refractivity (Wildman–Crippen MR) is 112 cm³/mol. The normalized spacial score (nSPS) is 15.8. The largest absolute Gasteiger partial charge is 0.496 e. The molecule has 0 aromatic heterocycles. The zero-order valence-electron chi connectivity index (χ0n) is 16.2. The van der Waals surface area contributed by atoms with Crippen LogP contribution in [-0.2, 0) is 0 Å². The highest BCUT2D eigenvalue weighted by Crippen LogP contribution is 2.36. The molecule has 4 nitrogen and oxygen atoms in total. The van der Waals surface area contributed by atoms with E-state index in [1.165, 1.54) is 11.1 Å². The third-order valence-electron chi connectivity index (χ3n) is 5.10. The van der Waals surface area contributed by atoms with Crippen LogP contribution in [0.4, 0.5) is 0 Å². The van der Waals surface area contributed by atoms with Gasteiger partial charge in [-0.05, 0) is 35.9 Å². The molecule has 28 heavy (non-hydrogen) atoms. The molecule has 1 heterocycles. The van der Waals surface area contributed by atoms with Crippen LogP contribution in [0.3, 0.4) is 0 Å². The molecule has 1 N–H and O–H groups in total.